The van der Waals surface area contributed by atoms with Gasteiger partial charge in [-0.1, -0.05) is 24.3 Å². The van der Waals surface area contributed by atoms with Crippen LogP contribution in [0.4, 0.5) is 11.4 Å². The van der Waals surface area contributed by atoms with Crippen LogP contribution in [0.3, 0.4) is 0 Å². The van der Waals surface area contributed by atoms with Crippen LogP contribution in [-0.2, 0) is 17.6 Å². The van der Waals surface area contributed by atoms with Crippen molar-refractivity contribution < 1.29 is 14.8 Å². The molecule has 126 valence electrons. The van der Waals surface area contributed by atoms with Crippen molar-refractivity contribution >= 4 is 17.3 Å². The number of nitrogens with zero attached hydrogens (tertiary/aromatic N) is 1. The van der Waals surface area contributed by atoms with Crippen LogP contribution >= 0.6 is 0 Å². The van der Waals surface area contributed by atoms with Crippen LogP contribution in [0.5, 0.6) is 0 Å². The van der Waals surface area contributed by atoms with Crippen molar-refractivity contribution in [3.05, 3.63) is 69.8 Å². The standard InChI is InChI=1S/C18H20N2O4/c21-13-12-15-4-8-16(9-5-15)19-18(22)3-1-2-14-6-10-17(11-7-14)20(23)24/h4-11,21H,1-3,12-13H2,(H,19,22). The molecule has 24 heavy (non-hydrogen) atoms. The van der Waals surface area contributed by atoms with Crippen LogP contribution in [0.1, 0.15) is 24.0 Å². The molecule has 2 rings (SSSR count). The number of nitro groups is 1. The second-order valence-corrected chi connectivity index (χ2v) is 5.50. The maximum atomic E-state index is 11.9. The van der Waals surface area contributed by atoms with Crippen molar-refractivity contribution in [2.45, 2.75) is 25.7 Å². The summed E-state index contributed by atoms with van der Waals surface area (Å²) in [4.78, 5) is 22.1. The van der Waals surface area contributed by atoms with Gasteiger partial charge in [0.1, 0.15) is 0 Å². The minimum absolute atomic E-state index is 0.0631. The fourth-order valence-corrected chi connectivity index (χ4v) is 2.34. The molecule has 6 heteroatoms. The number of carbonyl (C=O) groups excluding carboxylic acids is 1. The summed E-state index contributed by atoms with van der Waals surface area (Å²) < 4.78 is 0. The van der Waals surface area contributed by atoms with Gasteiger partial charge in [0.2, 0.25) is 5.91 Å². The summed E-state index contributed by atoms with van der Waals surface area (Å²) in [5.74, 6) is -0.0631. The zero-order valence-corrected chi connectivity index (χ0v) is 13.3. The molecule has 0 bridgehead atoms. The van der Waals surface area contributed by atoms with Crippen LogP contribution in [0.15, 0.2) is 48.5 Å². The van der Waals surface area contributed by atoms with Gasteiger partial charge in [-0.3, -0.25) is 14.9 Å². The molecular formula is C18H20N2O4. The fourth-order valence-electron chi connectivity index (χ4n) is 2.34. The summed E-state index contributed by atoms with van der Waals surface area (Å²) in [5.41, 5.74) is 2.80. The zero-order chi connectivity index (χ0) is 17.4. The molecule has 2 aromatic carbocycles. The van der Waals surface area contributed by atoms with E-state index in [0.29, 0.717) is 25.7 Å². The van der Waals surface area contributed by atoms with E-state index in [0.717, 1.165) is 16.8 Å². The average Bonchev–Trinajstić information content (AvgIpc) is 2.57. The third-order valence-electron chi connectivity index (χ3n) is 3.65. The van der Waals surface area contributed by atoms with Crippen molar-refractivity contribution in [2.75, 3.05) is 11.9 Å². The Hall–Kier alpha value is -2.73. The highest BCUT2D eigenvalue weighted by Gasteiger charge is 2.06. The molecule has 6 nitrogen and oxygen atoms in total. The van der Waals surface area contributed by atoms with Gasteiger partial charge in [0.25, 0.3) is 5.69 Å². The summed E-state index contributed by atoms with van der Waals surface area (Å²) in [6.07, 6.45) is 2.35. The van der Waals surface area contributed by atoms with Crippen LogP contribution in [0, 0.1) is 10.1 Å². The average molecular weight is 328 g/mol. The maximum absolute atomic E-state index is 11.9. The fraction of sp³-hybridized carbons (Fsp3) is 0.278. The number of nitrogens with one attached hydrogen (secondary N) is 1. The SMILES string of the molecule is O=C(CCCc1ccc([N+](=O)[O-])cc1)Nc1ccc(CCO)cc1. The Balaban J connectivity index is 1.75. The summed E-state index contributed by atoms with van der Waals surface area (Å²) in [7, 11) is 0. The lowest BCUT2D eigenvalue weighted by Gasteiger charge is -2.06. The Morgan fingerprint density at radius 1 is 1.00 bits per heavy atom. The molecule has 0 aliphatic rings. The van der Waals surface area contributed by atoms with Gasteiger partial charge >= 0.3 is 0 Å². The third-order valence-corrected chi connectivity index (χ3v) is 3.65. The number of rotatable bonds is 8. The van der Waals surface area contributed by atoms with E-state index in [9.17, 15) is 14.9 Å². The number of aliphatic hydroxyl groups is 1. The van der Waals surface area contributed by atoms with Gasteiger partial charge in [-0.25, -0.2) is 0 Å². The number of hydrogen-bond acceptors (Lipinski definition) is 4. The molecule has 0 atom stereocenters. The number of carbonyl (C=O) groups is 1. The lowest BCUT2D eigenvalue weighted by atomic mass is 10.1. The molecule has 2 aromatic rings. The first-order valence-electron chi connectivity index (χ1n) is 7.81. The van der Waals surface area contributed by atoms with Crippen molar-refractivity contribution in [1.29, 1.82) is 0 Å². The predicted molar refractivity (Wildman–Crippen MR) is 91.9 cm³/mol. The van der Waals surface area contributed by atoms with E-state index in [1.165, 1.54) is 12.1 Å². The number of non-ortho nitro benzene ring substituents is 1. The molecule has 0 spiro atoms. The van der Waals surface area contributed by atoms with Gasteiger partial charge < -0.3 is 10.4 Å². The Morgan fingerprint density at radius 3 is 2.17 bits per heavy atom. The molecule has 0 aromatic heterocycles. The quantitative estimate of drug-likeness (QED) is 0.575. The molecule has 0 unspecified atom stereocenters. The maximum Gasteiger partial charge on any atom is 0.269 e. The van der Waals surface area contributed by atoms with Crippen LogP contribution in [-0.4, -0.2) is 22.5 Å². The Morgan fingerprint density at radius 2 is 1.58 bits per heavy atom. The third kappa shape index (κ3) is 5.48. The number of amides is 1. The lowest BCUT2D eigenvalue weighted by molar-refractivity contribution is -0.384. The minimum atomic E-state index is -0.428. The number of benzene rings is 2. The van der Waals surface area contributed by atoms with E-state index in [-0.39, 0.29) is 18.2 Å². The topological polar surface area (TPSA) is 92.5 Å². The summed E-state index contributed by atoms with van der Waals surface area (Å²) in [5, 5.41) is 22.3. The van der Waals surface area contributed by atoms with E-state index in [2.05, 4.69) is 5.32 Å². The van der Waals surface area contributed by atoms with E-state index in [4.69, 9.17) is 5.11 Å². The minimum Gasteiger partial charge on any atom is -0.396 e. The van der Waals surface area contributed by atoms with Crippen molar-refractivity contribution in [1.82, 2.24) is 0 Å². The van der Waals surface area contributed by atoms with Gasteiger partial charge in [-0.2, -0.15) is 0 Å². The number of aliphatic hydroxyl groups excluding tert-OH is 1. The highest BCUT2D eigenvalue weighted by Crippen LogP contribution is 2.14. The van der Waals surface area contributed by atoms with Crippen LogP contribution in [0.2, 0.25) is 0 Å². The Kier molecular flexibility index (Phi) is 6.45. The second kappa shape index (κ2) is 8.79. The molecule has 0 aliphatic heterocycles. The molecule has 0 heterocycles. The lowest BCUT2D eigenvalue weighted by Crippen LogP contribution is -2.11. The molecule has 0 radical (unpaired) electrons. The molecule has 0 fully saturated rings. The molecule has 0 saturated carbocycles. The predicted octanol–water partition coefficient (Wildman–Crippen LogP) is 3.09. The number of anilines is 1. The normalized spacial score (nSPS) is 10.4. The van der Waals surface area contributed by atoms with Gasteiger partial charge in [0.05, 0.1) is 4.92 Å². The monoisotopic (exact) mass is 328 g/mol. The highest BCUT2D eigenvalue weighted by molar-refractivity contribution is 5.90. The first kappa shape index (κ1) is 17.6. The second-order valence-electron chi connectivity index (χ2n) is 5.50. The van der Waals surface area contributed by atoms with Gasteiger partial charge in [-0.15, -0.1) is 0 Å². The Bertz CT molecular complexity index is 681. The van der Waals surface area contributed by atoms with E-state index in [1.807, 2.05) is 24.3 Å². The highest BCUT2D eigenvalue weighted by atomic mass is 16.6. The van der Waals surface area contributed by atoms with Crippen molar-refractivity contribution in [2.24, 2.45) is 0 Å². The molecule has 2 N–H and O–H groups in total. The molecule has 0 aliphatic carbocycles. The van der Waals surface area contributed by atoms with Crippen LogP contribution < -0.4 is 5.32 Å². The first-order chi connectivity index (χ1) is 11.6. The van der Waals surface area contributed by atoms with Gasteiger partial charge in [-0.05, 0) is 42.5 Å². The number of nitro benzene ring substituents is 1. The number of aryl methyl sites for hydroxylation is 1. The number of hydrogen-bond donors (Lipinski definition) is 2. The van der Waals surface area contributed by atoms with Gasteiger partial charge in [0, 0.05) is 30.8 Å². The largest absolute Gasteiger partial charge is 0.396 e. The van der Waals surface area contributed by atoms with Crippen molar-refractivity contribution in [3.8, 4) is 0 Å². The smallest absolute Gasteiger partial charge is 0.269 e. The van der Waals surface area contributed by atoms with Crippen LogP contribution in [0.25, 0.3) is 0 Å². The summed E-state index contributed by atoms with van der Waals surface area (Å²) in [6, 6.07) is 13.8. The van der Waals surface area contributed by atoms with Crippen molar-refractivity contribution in [3.63, 3.8) is 0 Å². The molecule has 1 amide bonds. The van der Waals surface area contributed by atoms with E-state index >= 15 is 0 Å². The zero-order valence-electron chi connectivity index (χ0n) is 13.3. The molecule has 0 saturated heterocycles. The van der Waals surface area contributed by atoms with E-state index < -0.39 is 4.92 Å². The van der Waals surface area contributed by atoms with E-state index in [1.54, 1.807) is 12.1 Å². The molecular weight excluding hydrogens is 308 g/mol. The summed E-state index contributed by atoms with van der Waals surface area (Å²) in [6.45, 7) is 0.106. The first-order valence-corrected chi connectivity index (χ1v) is 7.81. The summed E-state index contributed by atoms with van der Waals surface area (Å²) >= 11 is 0. The van der Waals surface area contributed by atoms with Gasteiger partial charge in [0.15, 0.2) is 0 Å². The Labute approximate surface area is 140 Å².